The minimum atomic E-state index is -0.621. The lowest BCUT2D eigenvalue weighted by Crippen LogP contribution is -2.54. The molecule has 1 N–H and O–H groups in total. The minimum absolute atomic E-state index is 0.0208. The fourth-order valence-corrected chi connectivity index (χ4v) is 6.38. The second-order valence-electron chi connectivity index (χ2n) is 10.9. The van der Waals surface area contributed by atoms with Gasteiger partial charge in [0, 0.05) is 54.1 Å². The first-order chi connectivity index (χ1) is 18.8. The number of carbonyl (C=O) groups excluding carboxylic acids is 1. The Kier molecular flexibility index (Phi) is 6.93. The Hall–Kier alpha value is -3.23. The third-order valence-corrected chi connectivity index (χ3v) is 8.92. The highest BCUT2D eigenvalue weighted by Crippen LogP contribution is 2.40. The van der Waals surface area contributed by atoms with Gasteiger partial charge in [0.15, 0.2) is 11.5 Å². The number of amides is 1. The summed E-state index contributed by atoms with van der Waals surface area (Å²) in [6.45, 7) is 3.42. The van der Waals surface area contributed by atoms with E-state index in [2.05, 4.69) is 0 Å². The fraction of sp³-hybridized carbons (Fsp3) is 0.467. The van der Waals surface area contributed by atoms with Gasteiger partial charge in [-0.2, -0.15) is 0 Å². The van der Waals surface area contributed by atoms with Crippen molar-refractivity contribution in [1.29, 1.82) is 0 Å². The summed E-state index contributed by atoms with van der Waals surface area (Å²) in [6.07, 6.45) is 5.13. The highest BCUT2D eigenvalue weighted by atomic mass is 35.5. The first-order valence-corrected chi connectivity index (χ1v) is 14.0. The van der Waals surface area contributed by atoms with Crippen molar-refractivity contribution in [2.75, 3.05) is 19.9 Å². The molecular weight excluding hydrogens is 522 g/mol. The van der Waals surface area contributed by atoms with Crippen molar-refractivity contribution < 1.29 is 28.5 Å². The van der Waals surface area contributed by atoms with Crippen LogP contribution in [0.3, 0.4) is 0 Å². The predicted molar refractivity (Wildman–Crippen MR) is 146 cm³/mol. The number of nitrogens with zero attached hydrogens (tertiary/aromatic N) is 1. The van der Waals surface area contributed by atoms with Gasteiger partial charge in [-0.05, 0) is 56.4 Å². The zero-order chi connectivity index (χ0) is 27.1. The molecule has 3 heterocycles. The number of carbonyl (C=O) groups is 1. The van der Waals surface area contributed by atoms with E-state index in [1.54, 1.807) is 18.2 Å². The maximum atomic E-state index is 13.0. The van der Waals surface area contributed by atoms with Gasteiger partial charge < -0.3 is 28.6 Å². The highest BCUT2D eigenvalue weighted by Gasteiger charge is 2.43. The Morgan fingerprint density at radius 2 is 2.00 bits per heavy atom. The summed E-state index contributed by atoms with van der Waals surface area (Å²) in [4.78, 5) is 27.8. The summed E-state index contributed by atoms with van der Waals surface area (Å²) in [5, 5.41) is 12.2. The quantitative estimate of drug-likeness (QED) is 0.422. The zero-order valence-corrected chi connectivity index (χ0v) is 22.7. The second-order valence-corrected chi connectivity index (χ2v) is 11.3. The molecule has 2 aromatic carbocycles. The van der Waals surface area contributed by atoms with Crippen molar-refractivity contribution in [3.63, 3.8) is 0 Å². The number of likely N-dealkylation sites (tertiary alicyclic amines) is 1. The number of piperidine rings is 1. The zero-order valence-electron chi connectivity index (χ0n) is 22.0. The Labute approximate surface area is 231 Å². The normalized spacial score (nSPS) is 22.1. The molecule has 3 aliphatic rings. The highest BCUT2D eigenvalue weighted by molar-refractivity contribution is 6.31. The average Bonchev–Trinajstić information content (AvgIpc) is 3.37. The third-order valence-electron chi connectivity index (χ3n) is 8.56. The molecule has 1 aliphatic carbocycles. The molecule has 0 bridgehead atoms. The number of hydrogen-bond donors (Lipinski definition) is 1. The molecule has 2 aliphatic heterocycles. The van der Waals surface area contributed by atoms with E-state index in [4.69, 9.17) is 30.2 Å². The predicted octanol–water partition coefficient (Wildman–Crippen LogP) is 5.15. The van der Waals surface area contributed by atoms with Gasteiger partial charge in [0.25, 0.3) is 0 Å². The van der Waals surface area contributed by atoms with Crippen LogP contribution in [0.5, 0.6) is 17.2 Å². The van der Waals surface area contributed by atoms with Crippen LogP contribution in [0.2, 0.25) is 5.02 Å². The van der Waals surface area contributed by atoms with E-state index in [-0.39, 0.29) is 31.6 Å². The Morgan fingerprint density at radius 3 is 2.85 bits per heavy atom. The summed E-state index contributed by atoms with van der Waals surface area (Å²) in [5.41, 5.74) is 1.44. The SMILES string of the molecule is Cc1c(CCC(=O)N2CCC3(O)CCCCC3C2)c(=O)oc2cc(OCc3cc4c(cc3Cl)OCO4)ccc12. The number of rotatable bonds is 6. The summed E-state index contributed by atoms with van der Waals surface area (Å²) in [6, 6.07) is 8.88. The molecule has 2 atom stereocenters. The topological polar surface area (TPSA) is 98.4 Å². The number of benzene rings is 2. The molecule has 1 saturated carbocycles. The standard InChI is InChI=1S/C30H32ClNO7/c1-18-22-6-5-21(36-16-19-12-26-27(14-24(19)31)38-17-37-26)13-25(22)39-29(34)23(18)7-8-28(33)32-11-10-30(35)9-3-2-4-20(30)15-32/h5-6,12-14,20,35H,2-4,7-11,15-17H2,1H3. The van der Waals surface area contributed by atoms with Gasteiger partial charge in [-0.3, -0.25) is 4.79 Å². The van der Waals surface area contributed by atoms with Crippen LogP contribution in [0.25, 0.3) is 11.0 Å². The van der Waals surface area contributed by atoms with Crippen molar-refractivity contribution in [1.82, 2.24) is 4.90 Å². The molecule has 1 amide bonds. The van der Waals surface area contributed by atoms with Crippen molar-refractivity contribution in [3.05, 3.63) is 62.5 Å². The lowest BCUT2D eigenvalue weighted by Gasteiger charge is -2.47. The fourth-order valence-electron chi connectivity index (χ4n) is 6.17. The Balaban J connectivity index is 1.12. The monoisotopic (exact) mass is 553 g/mol. The first kappa shape index (κ1) is 26.0. The molecule has 3 aromatic rings. The molecule has 206 valence electrons. The number of fused-ring (bicyclic) bond motifs is 3. The summed E-state index contributed by atoms with van der Waals surface area (Å²) < 4.78 is 22.3. The smallest absolute Gasteiger partial charge is 0.339 e. The van der Waals surface area contributed by atoms with Crippen LogP contribution in [0.1, 0.15) is 55.2 Å². The minimum Gasteiger partial charge on any atom is -0.489 e. The van der Waals surface area contributed by atoms with Crippen molar-refractivity contribution in [3.8, 4) is 17.2 Å². The number of ether oxygens (including phenoxy) is 3. The van der Waals surface area contributed by atoms with Crippen molar-refractivity contribution >= 4 is 28.5 Å². The largest absolute Gasteiger partial charge is 0.489 e. The van der Waals surface area contributed by atoms with E-state index in [9.17, 15) is 14.7 Å². The Bertz CT molecular complexity index is 1480. The number of hydrogen-bond acceptors (Lipinski definition) is 7. The van der Waals surface area contributed by atoms with Gasteiger partial charge >= 0.3 is 5.63 Å². The second kappa shape index (κ2) is 10.4. The molecular formula is C30H32ClNO7. The lowest BCUT2D eigenvalue weighted by molar-refractivity contribution is -0.143. The Morgan fingerprint density at radius 1 is 1.18 bits per heavy atom. The number of aryl methyl sites for hydroxylation is 1. The van der Waals surface area contributed by atoms with E-state index in [1.165, 1.54) is 0 Å². The van der Waals surface area contributed by atoms with Crippen LogP contribution in [-0.4, -0.2) is 41.4 Å². The molecule has 1 aromatic heterocycles. The first-order valence-electron chi connectivity index (χ1n) is 13.6. The molecule has 0 radical (unpaired) electrons. The molecule has 6 rings (SSSR count). The van der Waals surface area contributed by atoms with Gasteiger partial charge in [0.1, 0.15) is 17.9 Å². The summed E-state index contributed by atoms with van der Waals surface area (Å²) in [5.74, 6) is 1.94. The van der Waals surface area contributed by atoms with Gasteiger partial charge in [0.05, 0.1) is 10.6 Å². The lowest BCUT2D eigenvalue weighted by atomic mass is 9.71. The van der Waals surface area contributed by atoms with Gasteiger partial charge in [-0.15, -0.1) is 0 Å². The molecule has 39 heavy (non-hydrogen) atoms. The van der Waals surface area contributed by atoms with Gasteiger partial charge in [-0.1, -0.05) is 24.4 Å². The molecule has 2 unspecified atom stereocenters. The van der Waals surface area contributed by atoms with Crippen LogP contribution in [-0.2, 0) is 17.8 Å². The van der Waals surface area contributed by atoms with Crippen LogP contribution in [0.4, 0.5) is 0 Å². The van der Waals surface area contributed by atoms with Gasteiger partial charge in [0.2, 0.25) is 12.7 Å². The number of halogens is 1. The summed E-state index contributed by atoms with van der Waals surface area (Å²) in [7, 11) is 0. The average molecular weight is 554 g/mol. The summed E-state index contributed by atoms with van der Waals surface area (Å²) >= 11 is 6.35. The van der Waals surface area contributed by atoms with Gasteiger partial charge in [-0.25, -0.2) is 4.79 Å². The van der Waals surface area contributed by atoms with Crippen LogP contribution in [0.15, 0.2) is 39.5 Å². The molecule has 1 saturated heterocycles. The molecule has 0 spiro atoms. The maximum absolute atomic E-state index is 13.0. The molecule has 8 nitrogen and oxygen atoms in total. The van der Waals surface area contributed by atoms with Crippen LogP contribution >= 0.6 is 11.6 Å². The maximum Gasteiger partial charge on any atom is 0.339 e. The van der Waals surface area contributed by atoms with E-state index < -0.39 is 11.2 Å². The van der Waals surface area contributed by atoms with E-state index in [0.29, 0.717) is 59.3 Å². The van der Waals surface area contributed by atoms with E-state index in [1.807, 2.05) is 24.0 Å². The van der Waals surface area contributed by atoms with E-state index >= 15 is 0 Å². The van der Waals surface area contributed by atoms with E-state index in [0.717, 1.165) is 42.2 Å². The third kappa shape index (κ3) is 5.08. The van der Waals surface area contributed by atoms with Crippen molar-refractivity contribution in [2.45, 2.75) is 64.1 Å². The van der Waals surface area contributed by atoms with Crippen LogP contribution < -0.4 is 19.8 Å². The molecule has 9 heteroatoms. The molecule has 2 fully saturated rings. The number of aliphatic hydroxyl groups is 1. The van der Waals surface area contributed by atoms with Crippen LogP contribution in [0, 0.1) is 12.8 Å². The van der Waals surface area contributed by atoms with Crippen molar-refractivity contribution in [2.24, 2.45) is 5.92 Å².